The van der Waals surface area contributed by atoms with E-state index in [9.17, 15) is 0 Å². The zero-order valence-electron chi connectivity index (χ0n) is 6.97. The Balaban J connectivity index is 2.32. The summed E-state index contributed by atoms with van der Waals surface area (Å²) in [6, 6.07) is 0. The Morgan fingerprint density at radius 2 is 2.18 bits per heavy atom. The smallest absolute Gasteiger partial charge is 0.00585 e. The van der Waals surface area contributed by atoms with Crippen LogP contribution in [-0.2, 0) is 6.42 Å². The van der Waals surface area contributed by atoms with Crippen LogP contribution in [0.25, 0.3) is 0 Å². The zero-order valence-corrected chi connectivity index (χ0v) is 7.79. The van der Waals surface area contributed by atoms with E-state index in [0.717, 1.165) is 13.0 Å². The van der Waals surface area contributed by atoms with Gasteiger partial charge < -0.3 is 5.73 Å². The van der Waals surface area contributed by atoms with Crippen LogP contribution < -0.4 is 5.73 Å². The maximum Gasteiger partial charge on any atom is -0.00585 e. The van der Waals surface area contributed by atoms with Gasteiger partial charge in [-0.15, -0.1) is 0 Å². The minimum atomic E-state index is 0.823. The lowest BCUT2D eigenvalue weighted by atomic mass is 10.1. The van der Waals surface area contributed by atoms with Crippen molar-refractivity contribution in [3.8, 4) is 0 Å². The van der Waals surface area contributed by atoms with Crippen LogP contribution >= 0.6 is 11.3 Å². The lowest BCUT2D eigenvalue weighted by Crippen LogP contribution is -1.98. The van der Waals surface area contributed by atoms with E-state index in [1.807, 2.05) is 0 Å². The van der Waals surface area contributed by atoms with Gasteiger partial charge in [0.1, 0.15) is 0 Å². The molecule has 0 atom stereocenters. The van der Waals surface area contributed by atoms with Gasteiger partial charge >= 0.3 is 0 Å². The average Bonchev–Trinajstić information content (AvgIpc) is 2.37. The van der Waals surface area contributed by atoms with Gasteiger partial charge in [-0.3, -0.25) is 0 Å². The van der Waals surface area contributed by atoms with Gasteiger partial charge in [0, 0.05) is 0 Å². The molecule has 0 amide bonds. The third kappa shape index (κ3) is 2.64. The Bertz CT molecular complexity index is 205. The Morgan fingerprint density at radius 1 is 1.36 bits per heavy atom. The van der Waals surface area contributed by atoms with E-state index in [-0.39, 0.29) is 0 Å². The van der Waals surface area contributed by atoms with E-state index in [4.69, 9.17) is 5.73 Å². The maximum atomic E-state index is 5.41. The molecule has 0 saturated heterocycles. The molecule has 2 N–H and O–H groups in total. The molecule has 0 unspecified atom stereocenters. The van der Waals surface area contributed by atoms with Crippen molar-refractivity contribution in [1.29, 1.82) is 0 Å². The van der Waals surface area contributed by atoms with Crippen LogP contribution in [0.15, 0.2) is 10.8 Å². The summed E-state index contributed by atoms with van der Waals surface area (Å²) >= 11 is 1.79. The van der Waals surface area contributed by atoms with Gasteiger partial charge in [-0.1, -0.05) is 0 Å². The molecule has 0 radical (unpaired) electrons. The first-order chi connectivity index (χ1) is 5.34. The lowest BCUT2D eigenvalue weighted by molar-refractivity contribution is 0.744. The van der Waals surface area contributed by atoms with E-state index >= 15 is 0 Å². The summed E-state index contributed by atoms with van der Waals surface area (Å²) in [5, 5.41) is 4.45. The third-order valence-electron chi connectivity index (χ3n) is 1.86. The Morgan fingerprint density at radius 3 is 2.73 bits per heavy atom. The molecule has 0 aliphatic rings. The number of nitrogens with two attached hydrogens (primary N) is 1. The summed E-state index contributed by atoms with van der Waals surface area (Å²) in [5.41, 5.74) is 8.35. The second kappa shape index (κ2) is 4.52. The summed E-state index contributed by atoms with van der Waals surface area (Å²) in [6.45, 7) is 3.00. The van der Waals surface area contributed by atoms with Crippen molar-refractivity contribution in [3.63, 3.8) is 0 Å². The Labute approximate surface area is 72.2 Å². The summed E-state index contributed by atoms with van der Waals surface area (Å²) in [5.74, 6) is 0. The predicted molar refractivity (Wildman–Crippen MR) is 51.0 cm³/mol. The highest BCUT2D eigenvalue weighted by Gasteiger charge is 1.97. The number of thiophene rings is 1. The van der Waals surface area contributed by atoms with Crippen LogP contribution in [-0.4, -0.2) is 6.54 Å². The van der Waals surface area contributed by atoms with Crippen molar-refractivity contribution in [3.05, 3.63) is 21.9 Å². The van der Waals surface area contributed by atoms with E-state index in [1.165, 1.54) is 24.0 Å². The molecule has 0 bridgehead atoms. The summed E-state index contributed by atoms with van der Waals surface area (Å²) in [6.07, 6.45) is 3.58. The molecule has 1 heterocycles. The van der Waals surface area contributed by atoms with Gasteiger partial charge in [-0.05, 0) is 54.6 Å². The van der Waals surface area contributed by atoms with Crippen molar-refractivity contribution < 1.29 is 0 Å². The second-order valence-corrected chi connectivity index (χ2v) is 3.57. The average molecular weight is 169 g/mol. The second-order valence-electron chi connectivity index (χ2n) is 2.83. The van der Waals surface area contributed by atoms with Crippen molar-refractivity contribution in [2.45, 2.75) is 26.2 Å². The first kappa shape index (κ1) is 8.75. The number of unbranched alkanes of at least 4 members (excludes halogenated alkanes) is 1. The molecule has 0 aliphatic carbocycles. The van der Waals surface area contributed by atoms with Gasteiger partial charge in [0.25, 0.3) is 0 Å². The van der Waals surface area contributed by atoms with Crippen LogP contribution in [0.3, 0.4) is 0 Å². The minimum Gasteiger partial charge on any atom is -0.330 e. The molecule has 62 valence electrons. The molecular formula is C9H15NS. The van der Waals surface area contributed by atoms with Gasteiger partial charge in [-0.2, -0.15) is 11.3 Å². The topological polar surface area (TPSA) is 26.0 Å². The minimum absolute atomic E-state index is 0.823. The van der Waals surface area contributed by atoms with Crippen LogP contribution in [0.4, 0.5) is 0 Å². The number of hydrogen-bond donors (Lipinski definition) is 1. The molecule has 1 nitrogen and oxygen atoms in total. The summed E-state index contributed by atoms with van der Waals surface area (Å²) in [7, 11) is 0. The standard InChI is InChI=1S/C9H15NS/c1-8-6-11-7-9(8)4-2-3-5-10/h6-7H,2-5,10H2,1H3. The largest absolute Gasteiger partial charge is 0.330 e. The predicted octanol–water partition coefficient (Wildman–Crippen LogP) is 2.34. The van der Waals surface area contributed by atoms with Gasteiger partial charge in [0.2, 0.25) is 0 Å². The molecular weight excluding hydrogens is 154 g/mol. The molecule has 1 aromatic rings. The zero-order chi connectivity index (χ0) is 8.10. The SMILES string of the molecule is Cc1cscc1CCCCN. The first-order valence-corrected chi connectivity index (χ1v) is 5.00. The maximum absolute atomic E-state index is 5.41. The van der Waals surface area contributed by atoms with Crippen LogP contribution in [0.2, 0.25) is 0 Å². The summed E-state index contributed by atoms with van der Waals surface area (Å²) in [4.78, 5) is 0. The van der Waals surface area contributed by atoms with E-state index in [0.29, 0.717) is 0 Å². The number of rotatable bonds is 4. The fourth-order valence-electron chi connectivity index (χ4n) is 1.10. The molecule has 11 heavy (non-hydrogen) atoms. The van der Waals surface area contributed by atoms with E-state index < -0.39 is 0 Å². The van der Waals surface area contributed by atoms with Crippen molar-refractivity contribution >= 4 is 11.3 Å². The van der Waals surface area contributed by atoms with Crippen molar-refractivity contribution in [2.24, 2.45) is 5.73 Å². The van der Waals surface area contributed by atoms with Crippen molar-refractivity contribution in [2.75, 3.05) is 6.54 Å². The number of aryl methyl sites for hydroxylation is 2. The van der Waals surface area contributed by atoms with Gasteiger partial charge in [-0.25, -0.2) is 0 Å². The molecule has 0 fully saturated rings. The van der Waals surface area contributed by atoms with Gasteiger partial charge in [0.15, 0.2) is 0 Å². The molecule has 0 saturated carbocycles. The van der Waals surface area contributed by atoms with Gasteiger partial charge in [0.05, 0.1) is 0 Å². The molecule has 1 aromatic heterocycles. The van der Waals surface area contributed by atoms with E-state index in [2.05, 4.69) is 17.7 Å². The third-order valence-corrected chi connectivity index (χ3v) is 2.77. The van der Waals surface area contributed by atoms with Crippen LogP contribution in [0, 0.1) is 6.92 Å². The fraction of sp³-hybridized carbons (Fsp3) is 0.556. The quantitative estimate of drug-likeness (QED) is 0.688. The highest BCUT2D eigenvalue weighted by molar-refractivity contribution is 7.08. The Kier molecular flexibility index (Phi) is 3.60. The van der Waals surface area contributed by atoms with Crippen LogP contribution in [0.5, 0.6) is 0 Å². The molecule has 2 heteroatoms. The number of hydrogen-bond acceptors (Lipinski definition) is 2. The molecule has 0 aliphatic heterocycles. The fourth-order valence-corrected chi connectivity index (χ4v) is 1.99. The van der Waals surface area contributed by atoms with Crippen molar-refractivity contribution in [1.82, 2.24) is 0 Å². The first-order valence-electron chi connectivity index (χ1n) is 4.06. The molecule has 1 rings (SSSR count). The Hall–Kier alpha value is -0.340. The monoisotopic (exact) mass is 169 g/mol. The molecule has 0 spiro atoms. The van der Waals surface area contributed by atoms with Crippen LogP contribution in [0.1, 0.15) is 24.0 Å². The van der Waals surface area contributed by atoms with E-state index in [1.54, 1.807) is 11.3 Å². The summed E-state index contributed by atoms with van der Waals surface area (Å²) < 4.78 is 0. The molecule has 0 aromatic carbocycles. The lowest BCUT2D eigenvalue weighted by Gasteiger charge is -1.97. The highest BCUT2D eigenvalue weighted by Crippen LogP contribution is 2.15. The highest BCUT2D eigenvalue weighted by atomic mass is 32.1. The normalized spacial score (nSPS) is 10.4.